The van der Waals surface area contributed by atoms with Crippen LogP contribution in [0.4, 0.5) is 13.2 Å². The summed E-state index contributed by atoms with van der Waals surface area (Å²) in [6.45, 7) is 0.519. The molecule has 0 unspecified atom stereocenters. The minimum absolute atomic E-state index is 0.0284. The van der Waals surface area contributed by atoms with E-state index in [1.54, 1.807) is 17.0 Å². The van der Waals surface area contributed by atoms with Crippen LogP contribution in [0.2, 0.25) is 0 Å². The van der Waals surface area contributed by atoms with E-state index in [1.807, 2.05) is 5.38 Å². The van der Waals surface area contributed by atoms with Gasteiger partial charge >= 0.3 is 6.18 Å². The van der Waals surface area contributed by atoms with Crippen molar-refractivity contribution in [3.8, 4) is 0 Å². The molecular weight excluding hydrogens is 377 g/mol. The van der Waals surface area contributed by atoms with Gasteiger partial charge in [-0.3, -0.25) is 9.59 Å². The number of fused-ring (bicyclic) bond motifs is 2. The normalized spacial score (nSPS) is 24.3. The highest BCUT2D eigenvalue weighted by atomic mass is 32.1. The van der Waals surface area contributed by atoms with Gasteiger partial charge in [0.05, 0.1) is 16.5 Å². The Hall–Kier alpha value is -2.35. The summed E-state index contributed by atoms with van der Waals surface area (Å²) in [6.07, 6.45) is -2.94. The maximum Gasteiger partial charge on any atom is 0.416 e. The van der Waals surface area contributed by atoms with E-state index in [4.69, 9.17) is 0 Å². The minimum atomic E-state index is -4.49. The summed E-state index contributed by atoms with van der Waals surface area (Å²) in [5.74, 6) is -0.323. The van der Waals surface area contributed by atoms with Gasteiger partial charge in [-0.1, -0.05) is 12.1 Å². The summed E-state index contributed by atoms with van der Waals surface area (Å²) in [5.41, 5.74) is -0.805. The third-order valence-corrected chi connectivity index (χ3v) is 6.11. The molecule has 2 amide bonds. The number of amides is 2. The van der Waals surface area contributed by atoms with Gasteiger partial charge in [0.15, 0.2) is 0 Å². The number of piperidine rings is 1. The summed E-state index contributed by atoms with van der Waals surface area (Å²) < 4.78 is 38.8. The second kappa shape index (κ2) is 6.67. The van der Waals surface area contributed by atoms with Crippen molar-refractivity contribution in [2.45, 2.75) is 31.1 Å². The second-order valence-electron chi connectivity index (χ2n) is 7.00. The van der Waals surface area contributed by atoms with E-state index in [0.29, 0.717) is 11.4 Å². The Morgan fingerprint density at radius 3 is 2.63 bits per heavy atom. The molecule has 142 valence electrons. The number of likely N-dealkylation sites (tertiary alicyclic amines) is 1. The molecule has 1 saturated heterocycles. The van der Waals surface area contributed by atoms with Crippen LogP contribution < -0.4 is 5.32 Å². The van der Waals surface area contributed by atoms with Crippen molar-refractivity contribution < 1.29 is 22.8 Å². The summed E-state index contributed by atoms with van der Waals surface area (Å²) in [7, 11) is 0. The number of nitrogens with one attached hydrogen (secondary N) is 1. The van der Waals surface area contributed by atoms with Gasteiger partial charge in [0.25, 0.3) is 11.8 Å². The zero-order valence-corrected chi connectivity index (χ0v) is 15.0. The molecule has 1 saturated carbocycles. The van der Waals surface area contributed by atoms with Gasteiger partial charge in [-0.05, 0) is 48.4 Å². The van der Waals surface area contributed by atoms with Gasteiger partial charge in [-0.2, -0.15) is 13.2 Å². The number of benzene rings is 1. The average molecular weight is 394 g/mol. The summed E-state index contributed by atoms with van der Waals surface area (Å²) in [4.78, 5) is 27.4. The van der Waals surface area contributed by atoms with E-state index in [0.717, 1.165) is 25.0 Å². The van der Waals surface area contributed by atoms with Crippen LogP contribution in [-0.2, 0) is 6.18 Å². The number of hydrogen-bond donors (Lipinski definition) is 1. The number of hydrogen-bond acceptors (Lipinski definition) is 3. The SMILES string of the molecule is O=C(N[C@H]1C[C@@H]2C[C@H]1N(C(=O)c1cccc(C(F)(F)F)c1)C2)c1cccs1. The van der Waals surface area contributed by atoms with Gasteiger partial charge in [-0.25, -0.2) is 0 Å². The average Bonchev–Trinajstić information content (AvgIpc) is 3.37. The molecule has 1 aliphatic heterocycles. The fraction of sp³-hybridized carbons (Fsp3) is 0.368. The number of carbonyl (C=O) groups is 2. The molecule has 3 atom stereocenters. The predicted molar refractivity (Wildman–Crippen MR) is 94.6 cm³/mol. The Kier molecular flexibility index (Phi) is 4.46. The Morgan fingerprint density at radius 2 is 1.96 bits per heavy atom. The highest BCUT2D eigenvalue weighted by Gasteiger charge is 2.47. The van der Waals surface area contributed by atoms with Crippen LogP contribution in [0.25, 0.3) is 0 Å². The first-order valence-electron chi connectivity index (χ1n) is 8.65. The molecule has 1 N–H and O–H groups in total. The van der Waals surface area contributed by atoms with Gasteiger partial charge < -0.3 is 10.2 Å². The zero-order chi connectivity index (χ0) is 19.2. The number of alkyl halides is 3. The number of thiophene rings is 1. The third-order valence-electron chi connectivity index (χ3n) is 5.24. The molecule has 27 heavy (non-hydrogen) atoms. The molecule has 8 heteroatoms. The Balaban J connectivity index is 1.50. The van der Waals surface area contributed by atoms with E-state index >= 15 is 0 Å². The van der Waals surface area contributed by atoms with Crippen LogP contribution in [0.15, 0.2) is 41.8 Å². The van der Waals surface area contributed by atoms with Crippen molar-refractivity contribution in [3.05, 3.63) is 57.8 Å². The molecule has 0 radical (unpaired) electrons. The van der Waals surface area contributed by atoms with Crippen LogP contribution in [0, 0.1) is 5.92 Å². The molecule has 1 aromatic heterocycles. The number of nitrogens with zero attached hydrogens (tertiary/aromatic N) is 1. The van der Waals surface area contributed by atoms with Crippen molar-refractivity contribution in [1.29, 1.82) is 0 Å². The van der Waals surface area contributed by atoms with Gasteiger partial charge in [-0.15, -0.1) is 11.3 Å². The van der Waals surface area contributed by atoms with Gasteiger partial charge in [0.2, 0.25) is 0 Å². The lowest BCUT2D eigenvalue weighted by Gasteiger charge is -2.33. The van der Waals surface area contributed by atoms with Crippen molar-refractivity contribution >= 4 is 23.2 Å². The molecule has 2 bridgehead atoms. The summed E-state index contributed by atoms with van der Waals surface area (Å²) >= 11 is 1.34. The lowest BCUT2D eigenvalue weighted by molar-refractivity contribution is -0.137. The first kappa shape index (κ1) is 18.0. The largest absolute Gasteiger partial charge is 0.416 e. The third kappa shape index (κ3) is 3.45. The number of halogens is 3. The molecule has 2 aliphatic rings. The number of rotatable bonds is 3. The van der Waals surface area contributed by atoms with Crippen molar-refractivity contribution in [1.82, 2.24) is 10.2 Å². The first-order valence-corrected chi connectivity index (χ1v) is 9.53. The maximum absolute atomic E-state index is 12.9. The highest BCUT2D eigenvalue weighted by Crippen LogP contribution is 2.39. The van der Waals surface area contributed by atoms with Crippen LogP contribution in [0.3, 0.4) is 0 Å². The van der Waals surface area contributed by atoms with Crippen molar-refractivity contribution in [2.75, 3.05) is 6.54 Å². The zero-order valence-electron chi connectivity index (χ0n) is 14.2. The van der Waals surface area contributed by atoms with Crippen LogP contribution >= 0.6 is 11.3 Å². The highest BCUT2D eigenvalue weighted by molar-refractivity contribution is 7.12. The van der Waals surface area contributed by atoms with Crippen LogP contribution in [0.1, 0.15) is 38.4 Å². The van der Waals surface area contributed by atoms with E-state index in [2.05, 4.69) is 5.32 Å². The minimum Gasteiger partial charge on any atom is -0.347 e. The van der Waals surface area contributed by atoms with Crippen molar-refractivity contribution in [2.24, 2.45) is 5.92 Å². The Bertz CT molecular complexity index is 866. The first-order chi connectivity index (χ1) is 12.8. The molecule has 4 rings (SSSR count). The fourth-order valence-electron chi connectivity index (χ4n) is 4.06. The van der Waals surface area contributed by atoms with Gasteiger partial charge in [0.1, 0.15) is 0 Å². The topological polar surface area (TPSA) is 49.4 Å². The monoisotopic (exact) mass is 394 g/mol. The van der Waals surface area contributed by atoms with E-state index in [-0.39, 0.29) is 29.5 Å². The maximum atomic E-state index is 12.9. The Labute approximate surface area is 158 Å². The molecule has 4 nitrogen and oxygen atoms in total. The van der Waals surface area contributed by atoms with Crippen molar-refractivity contribution in [3.63, 3.8) is 0 Å². The van der Waals surface area contributed by atoms with Crippen LogP contribution in [-0.4, -0.2) is 35.3 Å². The van der Waals surface area contributed by atoms with E-state index < -0.39 is 17.6 Å². The molecule has 1 aromatic carbocycles. The number of carbonyl (C=O) groups excluding carboxylic acids is 2. The molecular formula is C19H17F3N2O2S. The summed E-state index contributed by atoms with van der Waals surface area (Å²) in [6, 6.07) is 7.69. The van der Waals surface area contributed by atoms with Crippen LogP contribution in [0.5, 0.6) is 0 Å². The summed E-state index contributed by atoms with van der Waals surface area (Å²) in [5, 5.41) is 4.80. The predicted octanol–water partition coefficient (Wildman–Crippen LogP) is 3.80. The molecule has 0 spiro atoms. The lowest BCUT2D eigenvalue weighted by atomic mass is 10.0. The quantitative estimate of drug-likeness (QED) is 0.861. The molecule has 2 heterocycles. The lowest BCUT2D eigenvalue weighted by Crippen LogP contribution is -2.51. The molecule has 2 aromatic rings. The standard InChI is InChI=1S/C19H17F3N2O2S/c20-19(21,22)13-4-1-3-12(9-13)18(26)24-10-11-7-14(15(24)8-11)23-17(25)16-5-2-6-27-16/h1-6,9,11,14-15H,7-8,10H2,(H,23,25)/t11-,14+,15-/m1/s1. The Morgan fingerprint density at radius 1 is 1.15 bits per heavy atom. The molecule has 1 aliphatic carbocycles. The fourth-order valence-corrected chi connectivity index (χ4v) is 4.68. The molecule has 2 fully saturated rings. The van der Waals surface area contributed by atoms with Gasteiger partial charge in [0, 0.05) is 18.2 Å². The smallest absolute Gasteiger partial charge is 0.347 e. The van der Waals surface area contributed by atoms with E-state index in [1.165, 1.54) is 23.5 Å². The van der Waals surface area contributed by atoms with E-state index in [9.17, 15) is 22.8 Å². The second-order valence-corrected chi connectivity index (χ2v) is 7.95.